The van der Waals surface area contributed by atoms with Crippen LogP contribution in [0.1, 0.15) is 22.5 Å². The summed E-state index contributed by atoms with van der Waals surface area (Å²) in [6, 6.07) is 10.9. The third-order valence-electron chi connectivity index (χ3n) is 6.17. The van der Waals surface area contributed by atoms with Crippen LogP contribution in [0.2, 0.25) is 0 Å². The van der Waals surface area contributed by atoms with E-state index in [2.05, 4.69) is 4.98 Å². The first-order chi connectivity index (χ1) is 18.0. The van der Waals surface area contributed by atoms with Gasteiger partial charge in [0.25, 0.3) is 0 Å². The molecule has 11 heteroatoms. The van der Waals surface area contributed by atoms with Crippen LogP contribution < -0.4 is 9.47 Å². The van der Waals surface area contributed by atoms with Crippen molar-refractivity contribution in [1.29, 1.82) is 0 Å². The summed E-state index contributed by atoms with van der Waals surface area (Å²) in [5.41, 5.74) is 2.17. The summed E-state index contributed by atoms with van der Waals surface area (Å²) >= 11 is 0. The van der Waals surface area contributed by atoms with Crippen molar-refractivity contribution in [1.82, 2.24) is 18.8 Å². The van der Waals surface area contributed by atoms with Gasteiger partial charge in [0.1, 0.15) is 30.5 Å². The smallest absolute Gasteiger partial charge is 0.248 e. The molecular weight excluding hydrogens is 508 g/mol. The van der Waals surface area contributed by atoms with Crippen molar-refractivity contribution in [2.24, 2.45) is 7.05 Å². The van der Waals surface area contributed by atoms with Crippen LogP contribution in [0.15, 0.2) is 53.7 Å². The van der Waals surface area contributed by atoms with Crippen molar-refractivity contribution >= 4 is 15.9 Å². The highest BCUT2D eigenvalue weighted by atomic mass is 32.2. The second-order valence-corrected chi connectivity index (χ2v) is 11.1. The minimum Gasteiger partial charge on any atom is -0.497 e. The molecule has 0 spiro atoms. The van der Waals surface area contributed by atoms with Crippen LogP contribution in [0.5, 0.6) is 11.5 Å². The number of aryl methyl sites for hydroxylation is 3. The number of methoxy groups -OCH3 is 1. The standard InChI is InChI=1S/C27H36N4O6S/c1-20-15-24(35-6)16-21(2)27(20)38(33,34)31(5)13-14-36-19-26(32)30(4)17-22-7-9-23(10-8-22)37-18-25-28-11-12-29(25)3/h7-12,15-16H,13-14,17-19H2,1-6H3. The van der Waals surface area contributed by atoms with Crippen LogP contribution in [0.25, 0.3) is 0 Å². The van der Waals surface area contributed by atoms with Gasteiger partial charge in [-0.05, 0) is 54.8 Å². The Morgan fingerprint density at radius 3 is 2.29 bits per heavy atom. The maximum Gasteiger partial charge on any atom is 0.248 e. The summed E-state index contributed by atoms with van der Waals surface area (Å²) in [7, 11) is 2.93. The fraction of sp³-hybridized carbons (Fsp3) is 0.407. The maximum absolute atomic E-state index is 13.1. The van der Waals surface area contributed by atoms with E-state index in [0.29, 0.717) is 35.8 Å². The molecule has 1 heterocycles. The van der Waals surface area contributed by atoms with Crippen LogP contribution in [-0.4, -0.2) is 74.0 Å². The van der Waals surface area contributed by atoms with E-state index < -0.39 is 10.0 Å². The number of imidazole rings is 1. The number of carbonyl (C=O) groups excluding carboxylic acids is 1. The van der Waals surface area contributed by atoms with E-state index >= 15 is 0 Å². The number of ether oxygens (including phenoxy) is 3. The molecular formula is C27H36N4O6S. The highest BCUT2D eigenvalue weighted by molar-refractivity contribution is 7.89. The summed E-state index contributed by atoms with van der Waals surface area (Å²) in [5.74, 6) is 1.95. The first-order valence-corrected chi connectivity index (χ1v) is 13.6. The molecule has 0 fully saturated rings. The summed E-state index contributed by atoms with van der Waals surface area (Å²) in [6.45, 7) is 4.32. The lowest BCUT2D eigenvalue weighted by Crippen LogP contribution is -2.33. The zero-order valence-electron chi connectivity index (χ0n) is 22.8. The number of benzene rings is 2. The topological polar surface area (TPSA) is 103 Å². The number of amides is 1. The minimum absolute atomic E-state index is 0.0889. The average molecular weight is 545 g/mol. The molecule has 3 rings (SSSR count). The SMILES string of the molecule is COc1cc(C)c(S(=O)(=O)N(C)CCOCC(=O)N(C)Cc2ccc(OCc3nccn3C)cc2)c(C)c1. The Morgan fingerprint density at radius 1 is 1.05 bits per heavy atom. The van der Waals surface area contributed by atoms with Crippen molar-refractivity contribution in [2.75, 3.05) is 41.0 Å². The summed E-state index contributed by atoms with van der Waals surface area (Å²) in [5, 5.41) is 0. The molecule has 1 aromatic heterocycles. The summed E-state index contributed by atoms with van der Waals surface area (Å²) < 4.78 is 45.8. The average Bonchev–Trinajstić information content (AvgIpc) is 3.29. The highest BCUT2D eigenvalue weighted by Crippen LogP contribution is 2.27. The largest absolute Gasteiger partial charge is 0.497 e. The number of likely N-dealkylation sites (N-methyl/N-ethyl adjacent to an activating group) is 2. The number of sulfonamides is 1. The van der Waals surface area contributed by atoms with E-state index in [9.17, 15) is 13.2 Å². The number of aromatic nitrogens is 2. The van der Waals surface area contributed by atoms with Crippen molar-refractivity contribution in [2.45, 2.75) is 31.9 Å². The van der Waals surface area contributed by atoms with Gasteiger partial charge in [-0.25, -0.2) is 13.4 Å². The van der Waals surface area contributed by atoms with Crippen LogP contribution in [-0.2, 0) is 39.8 Å². The summed E-state index contributed by atoms with van der Waals surface area (Å²) in [4.78, 5) is 18.6. The first kappa shape index (κ1) is 29.2. The van der Waals surface area contributed by atoms with Crippen molar-refractivity contribution in [3.05, 3.63) is 71.3 Å². The molecule has 0 unspecified atom stereocenters. The fourth-order valence-electron chi connectivity index (χ4n) is 3.91. The molecule has 206 valence electrons. The van der Waals surface area contributed by atoms with Crippen LogP contribution in [0.4, 0.5) is 0 Å². The van der Waals surface area contributed by atoms with Gasteiger partial charge in [0, 0.05) is 46.6 Å². The van der Waals surface area contributed by atoms with Gasteiger partial charge >= 0.3 is 0 Å². The van der Waals surface area contributed by atoms with Gasteiger partial charge in [-0.15, -0.1) is 0 Å². The third-order valence-corrected chi connectivity index (χ3v) is 8.33. The Labute approximate surface area is 224 Å². The monoisotopic (exact) mass is 544 g/mol. The maximum atomic E-state index is 13.1. The Hall–Kier alpha value is -3.41. The molecule has 0 N–H and O–H groups in total. The van der Waals surface area contributed by atoms with E-state index in [0.717, 1.165) is 11.4 Å². The molecule has 1 amide bonds. The molecule has 0 saturated heterocycles. The Bertz CT molecular complexity index is 1310. The van der Waals surface area contributed by atoms with Crippen LogP contribution in [0.3, 0.4) is 0 Å². The number of rotatable bonds is 13. The van der Waals surface area contributed by atoms with Crippen LogP contribution >= 0.6 is 0 Å². The quantitative estimate of drug-likeness (QED) is 0.305. The molecule has 0 saturated carbocycles. The van der Waals surface area contributed by atoms with Gasteiger partial charge in [-0.2, -0.15) is 4.31 Å². The first-order valence-electron chi connectivity index (χ1n) is 12.1. The summed E-state index contributed by atoms with van der Waals surface area (Å²) in [6.07, 6.45) is 3.59. The lowest BCUT2D eigenvalue weighted by Gasteiger charge is -2.21. The number of nitrogens with zero attached hydrogens (tertiary/aromatic N) is 4. The van der Waals surface area contributed by atoms with E-state index in [1.807, 2.05) is 42.1 Å². The minimum atomic E-state index is -3.72. The van der Waals surface area contributed by atoms with Gasteiger partial charge in [-0.1, -0.05) is 12.1 Å². The molecule has 0 aliphatic heterocycles. The molecule has 38 heavy (non-hydrogen) atoms. The van der Waals surface area contributed by atoms with E-state index in [-0.39, 0.29) is 30.6 Å². The van der Waals surface area contributed by atoms with Crippen LogP contribution in [0, 0.1) is 13.8 Å². The van der Waals surface area contributed by atoms with Gasteiger partial charge < -0.3 is 23.7 Å². The molecule has 2 aromatic carbocycles. The Balaban J connectivity index is 1.43. The number of hydrogen-bond acceptors (Lipinski definition) is 7. The zero-order chi connectivity index (χ0) is 27.9. The Kier molecular flexibility index (Phi) is 9.90. The lowest BCUT2D eigenvalue weighted by molar-refractivity contribution is -0.135. The molecule has 0 aliphatic carbocycles. The predicted molar refractivity (Wildman–Crippen MR) is 144 cm³/mol. The van der Waals surface area contributed by atoms with Gasteiger partial charge in [0.2, 0.25) is 15.9 Å². The molecule has 0 aliphatic rings. The zero-order valence-corrected chi connectivity index (χ0v) is 23.6. The van der Waals surface area contributed by atoms with E-state index in [1.165, 1.54) is 11.4 Å². The second-order valence-electron chi connectivity index (χ2n) is 9.11. The second kappa shape index (κ2) is 12.9. The van der Waals surface area contributed by atoms with E-state index in [1.54, 1.807) is 51.2 Å². The van der Waals surface area contributed by atoms with Gasteiger partial charge in [0.05, 0.1) is 18.6 Å². The van der Waals surface area contributed by atoms with Crippen molar-refractivity contribution < 1.29 is 27.4 Å². The molecule has 0 radical (unpaired) electrons. The predicted octanol–water partition coefficient (Wildman–Crippen LogP) is 2.92. The van der Waals surface area contributed by atoms with Crippen molar-refractivity contribution in [3.8, 4) is 11.5 Å². The van der Waals surface area contributed by atoms with Gasteiger partial charge in [0.15, 0.2) is 0 Å². The Morgan fingerprint density at radius 2 is 1.71 bits per heavy atom. The van der Waals surface area contributed by atoms with Gasteiger partial charge in [-0.3, -0.25) is 4.79 Å². The molecule has 3 aromatic rings. The fourth-order valence-corrected chi connectivity index (χ4v) is 5.47. The lowest BCUT2D eigenvalue weighted by atomic mass is 10.1. The third kappa shape index (κ3) is 7.33. The molecule has 0 bridgehead atoms. The van der Waals surface area contributed by atoms with Crippen molar-refractivity contribution in [3.63, 3.8) is 0 Å². The molecule has 10 nitrogen and oxygen atoms in total. The highest BCUT2D eigenvalue weighted by Gasteiger charge is 2.25. The number of carbonyl (C=O) groups is 1. The molecule has 0 atom stereocenters. The normalized spacial score (nSPS) is 11.6. The number of hydrogen-bond donors (Lipinski definition) is 0. The van der Waals surface area contributed by atoms with E-state index in [4.69, 9.17) is 14.2 Å².